The number of amides is 1. The molecule has 9 nitrogen and oxygen atoms in total. The molecular weight excluding hydrogens is 336 g/mol. The second-order valence-electron chi connectivity index (χ2n) is 6.41. The predicted octanol–water partition coefficient (Wildman–Crippen LogP) is 1.55. The van der Waals surface area contributed by atoms with Crippen LogP contribution in [0.2, 0.25) is 0 Å². The smallest absolute Gasteiger partial charge is 0.253 e. The average molecular weight is 356 g/mol. The number of ether oxygens (including phenoxy) is 1. The van der Waals surface area contributed by atoms with Gasteiger partial charge in [0, 0.05) is 32.2 Å². The predicted molar refractivity (Wildman–Crippen MR) is 91.6 cm³/mol. The molecule has 9 heteroatoms. The number of aromatic nitrogens is 5. The minimum atomic E-state index is -0.0151. The van der Waals surface area contributed by atoms with E-state index >= 15 is 0 Å². The van der Waals surface area contributed by atoms with Gasteiger partial charge in [0.05, 0.1) is 12.5 Å². The lowest BCUT2D eigenvalue weighted by Gasteiger charge is -2.31. The number of hydrogen-bond donors (Lipinski definition) is 1. The molecule has 0 radical (unpaired) electrons. The number of nitrogens with one attached hydrogen (secondary N) is 1. The Kier molecular flexibility index (Phi) is 4.61. The highest BCUT2D eigenvalue weighted by Crippen LogP contribution is 2.27. The normalized spacial score (nSPS) is 17.7. The SMILES string of the molecule is COCCc1noc(C2CCCN(C(=O)c3ccc4n[nH]nc4c3)C2)n1. The summed E-state index contributed by atoms with van der Waals surface area (Å²) in [4.78, 5) is 19.2. The summed E-state index contributed by atoms with van der Waals surface area (Å²) < 4.78 is 10.4. The number of carbonyl (C=O) groups is 1. The molecule has 0 spiro atoms. The van der Waals surface area contributed by atoms with E-state index in [4.69, 9.17) is 9.26 Å². The Hall–Kier alpha value is -2.81. The monoisotopic (exact) mass is 356 g/mol. The van der Waals surface area contributed by atoms with Crippen molar-refractivity contribution in [3.8, 4) is 0 Å². The highest BCUT2D eigenvalue weighted by molar-refractivity contribution is 5.97. The molecule has 1 aromatic carbocycles. The van der Waals surface area contributed by atoms with Crippen molar-refractivity contribution in [1.82, 2.24) is 30.5 Å². The van der Waals surface area contributed by atoms with Gasteiger partial charge in [0.1, 0.15) is 11.0 Å². The maximum absolute atomic E-state index is 12.9. The number of methoxy groups -OCH3 is 1. The molecule has 0 bridgehead atoms. The molecular formula is C17H20N6O3. The van der Waals surface area contributed by atoms with Crippen LogP contribution >= 0.6 is 0 Å². The van der Waals surface area contributed by atoms with E-state index in [9.17, 15) is 4.79 Å². The number of fused-ring (bicyclic) bond motifs is 1. The molecule has 1 atom stereocenters. The van der Waals surface area contributed by atoms with E-state index < -0.39 is 0 Å². The summed E-state index contributed by atoms with van der Waals surface area (Å²) in [6.45, 7) is 1.84. The first-order valence-electron chi connectivity index (χ1n) is 8.66. The fourth-order valence-electron chi connectivity index (χ4n) is 3.25. The third kappa shape index (κ3) is 3.30. The molecule has 0 saturated carbocycles. The van der Waals surface area contributed by atoms with Crippen molar-refractivity contribution in [2.45, 2.75) is 25.2 Å². The molecule has 1 aliphatic rings. The Morgan fingerprint density at radius 1 is 1.38 bits per heavy atom. The van der Waals surface area contributed by atoms with Gasteiger partial charge in [-0.3, -0.25) is 4.79 Å². The van der Waals surface area contributed by atoms with Gasteiger partial charge in [0.25, 0.3) is 5.91 Å². The Balaban J connectivity index is 1.47. The van der Waals surface area contributed by atoms with Gasteiger partial charge in [-0.25, -0.2) is 0 Å². The first-order valence-corrected chi connectivity index (χ1v) is 8.66. The second kappa shape index (κ2) is 7.20. The average Bonchev–Trinajstić information content (AvgIpc) is 3.34. The standard InChI is InChI=1S/C17H20N6O3/c1-25-8-6-15-18-16(26-21-15)12-3-2-7-23(10-12)17(24)11-4-5-13-14(9-11)20-22-19-13/h4-5,9,12H,2-3,6-8,10H2,1H3,(H,19,20,22). The number of likely N-dealkylation sites (tertiary alicyclic amines) is 1. The molecule has 3 aromatic rings. The molecule has 136 valence electrons. The Morgan fingerprint density at radius 2 is 2.27 bits per heavy atom. The van der Waals surface area contributed by atoms with Crippen LogP contribution in [-0.2, 0) is 11.2 Å². The fraction of sp³-hybridized carbons (Fsp3) is 0.471. The number of aromatic amines is 1. The van der Waals surface area contributed by atoms with E-state index in [1.807, 2.05) is 4.90 Å². The summed E-state index contributed by atoms with van der Waals surface area (Å²) in [5.41, 5.74) is 2.04. The van der Waals surface area contributed by atoms with E-state index in [1.54, 1.807) is 25.3 Å². The Bertz CT molecular complexity index is 905. The molecule has 3 heterocycles. The van der Waals surface area contributed by atoms with Crippen molar-refractivity contribution in [3.63, 3.8) is 0 Å². The van der Waals surface area contributed by atoms with Gasteiger partial charge < -0.3 is 14.2 Å². The number of hydrogen-bond acceptors (Lipinski definition) is 7. The quantitative estimate of drug-likeness (QED) is 0.738. The van der Waals surface area contributed by atoms with Crippen LogP contribution in [0.3, 0.4) is 0 Å². The van der Waals surface area contributed by atoms with Gasteiger partial charge in [0.15, 0.2) is 5.82 Å². The summed E-state index contributed by atoms with van der Waals surface area (Å²) in [5, 5.41) is 14.6. The summed E-state index contributed by atoms with van der Waals surface area (Å²) in [7, 11) is 1.64. The molecule has 1 amide bonds. The van der Waals surface area contributed by atoms with Crippen molar-refractivity contribution in [2.24, 2.45) is 0 Å². The minimum Gasteiger partial charge on any atom is -0.384 e. The molecule has 26 heavy (non-hydrogen) atoms. The highest BCUT2D eigenvalue weighted by Gasteiger charge is 2.29. The summed E-state index contributed by atoms with van der Waals surface area (Å²) in [6.07, 6.45) is 2.45. The third-order valence-electron chi connectivity index (χ3n) is 4.63. The first-order chi connectivity index (χ1) is 12.7. The Morgan fingerprint density at radius 3 is 3.15 bits per heavy atom. The molecule has 1 saturated heterocycles. The molecule has 0 aliphatic carbocycles. The van der Waals surface area contributed by atoms with Crippen molar-refractivity contribution < 1.29 is 14.1 Å². The van der Waals surface area contributed by atoms with Crippen LogP contribution in [-0.4, -0.2) is 63.2 Å². The molecule has 1 aliphatic heterocycles. The maximum Gasteiger partial charge on any atom is 0.253 e. The molecule has 2 aromatic heterocycles. The van der Waals surface area contributed by atoms with Crippen molar-refractivity contribution in [1.29, 1.82) is 0 Å². The van der Waals surface area contributed by atoms with Crippen molar-refractivity contribution >= 4 is 16.9 Å². The van der Waals surface area contributed by atoms with E-state index in [0.717, 1.165) is 24.9 Å². The van der Waals surface area contributed by atoms with E-state index in [2.05, 4.69) is 25.6 Å². The highest BCUT2D eigenvalue weighted by atomic mass is 16.5. The van der Waals surface area contributed by atoms with Crippen LogP contribution in [0.5, 0.6) is 0 Å². The zero-order chi connectivity index (χ0) is 17.9. The largest absolute Gasteiger partial charge is 0.384 e. The zero-order valence-electron chi connectivity index (χ0n) is 14.5. The number of carbonyl (C=O) groups excluding carboxylic acids is 1. The van der Waals surface area contributed by atoms with Gasteiger partial charge in [-0.05, 0) is 31.0 Å². The summed E-state index contributed by atoms with van der Waals surface area (Å²) in [5.74, 6) is 1.29. The van der Waals surface area contributed by atoms with Gasteiger partial charge in [-0.15, -0.1) is 0 Å². The zero-order valence-corrected chi connectivity index (χ0v) is 14.5. The number of piperidine rings is 1. The van der Waals surface area contributed by atoms with Gasteiger partial charge in [-0.2, -0.15) is 20.4 Å². The topological polar surface area (TPSA) is 110 Å². The van der Waals surface area contributed by atoms with E-state index in [1.165, 1.54) is 0 Å². The van der Waals surface area contributed by atoms with Crippen LogP contribution in [0.25, 0.3) is 11.0 Å². The first kappa shape index (κ1) is 16.6. The van der Waals surface area contributed by atoms with E-state index in [-0.39, 0.29) is 11.8 Å². The van der Waals surface area contributed by atoms with Crippen molar-refractivity contribution in [3.05, 3.63) is 35.5 Å². The van der Waals surface area contributed by atoms with Crippen LogP contribution in [0.4, 0.5) is 0 Å². The Labute approximate surface area is 149 Å². The summed E-state index contributed by atoms with van der Waals surface area (Å²) >= 11 is 0. The fourth-order valence-corrected chi connectivity index (χ4v) is 3.25. The van der Waals surface area contributed by atoms with Crippen LogP contribution in [0, 0.1) is 0 Å². The lowest BCUT2D eigenvalue weighted by atomic mass is 9.97. The van der Waals surface area contributed by atoms with Crippen LogP contribution in [0.1, 0.15) is 40.8 Å². The van der Waals surface area contributed by atoms with Gasteiger partial charge >= 0.3 is 0 Å². The lowest BCUT2D eigenvalue weighted by Crippen LogP contribution is -2.39. The molecule has 1 unspecified atom stereocenters. The number of nitrogens with zero attached hydrogens (tertiary/aromatic N) is 5. The van der Waals surface area contributed by atoms with Gasteiger partial charge in [0.2, 0.25) is 5.89 Å². The maximum atomic E-state index is 12.9. The number of benzene rings is 1. The van der Waals surface area contributed by atoms with Crippen molar-refractivity contribution in [2.75, 3.05) is 26.8 Å². The third-order valence-corrected chi connectivity index (χ3v) is 4.63. The van der Waals surface area contributed by atoms with Crippen LogP contribution in [0.15, 0.2) is 22.7 Å². The second-order valence-corrected chi connectivity index (χ2v) is 6.41. The van der Waals surface area contributed by atoms with E-state index in [0.29, 0.717) is 42.4 Å². The molecule has 4 rings (SSSR count). The number of H-pyrrole nitrogens is 1. The van der Waals surface area contributed by atoms with Gasteiger partial charge in [-0.1, -0.05) is 5.16 Å². The number of rotatable bonds is 5. The lowest BCUT2D eigenvalue weighted by molar-refractivity contribution is 0.0696. The molecule has 1 N–H and O–H groups in total. The summed E-state index contributed by atoms with van der Waals surface area (Å²) in [6, 6.07) is 5.35. The minimum absolute atomic E-state index is 0.0151. The van der Waals surface area contributed by atoms with Crippen LogP contribution < -0.4 is 0 Å². The molecule has 1 fully saturated rings.